The number of hydrogen-bond donors (Lipinski definition) is 2. The Labute approximate surface area is 160 Å². The molecule has 0 fully saturated rings. The molecule has 0 saturated carbocycles. The second-order valence-corrected chi connectivity index (χ2v) is 6.34. The molecular weight excluding hydrogens is 342 g/mol. The fourth-order valence-electron chi connectivity index (χ4n) is 2.59. The van der Waals surface area contributed by atoms with E-state index >= 15 is 0 Å². The number of carbonyl (C=O) groups is 2. The van der Waals surface area contributed by atoms with Gasteiger partial charge < -0.3 is 15.4 Å². The Morgan fingerprint density at radius 3 is 2.30 bits per heavy atom. The van der Waals surface area contributed by atoms with E-state index in [9.17, 15) is 9.59 Å². The van der Waals surface area contributed by atoms with Gasteiger partial charge in [-0.15, -0.1) is 0 Å². The number of hydrogen-bond acceptors (Lipinski definition) is 4. The van der Waals surface area contributed by atoms with Crippen LogP contribution in [0.1, 0.15) is 19.4 Å². The van der Waals surface area contributed by atoms with Crippen LogP contribution in [0, 0.1) is 6.92 Å². The molecule has 0 aliphatic heterocycles. The summed E-state index contributed by atoms with van der Waals surface area (Å²) in [4.78, 5) is 25.3. The fourth-order valence-corrected chi connectivity index (χ4v) is 2.59. The minimum absolute atomic E-state index is 0.0836. The highest BCUT2D eigenvalue weighted by Crippen LogP contribution is 2.14. The predicted molar refractivity (Wildman–Crippen MR) is 108 cm³/mol. The zero-order chi connectivity index (χ0) is 19.6. The lowest BCUT2D eigenvalue weighted by Crippen LogP contribution is -2.35. The van der Waals surface area contributed by atoms with E-state index in [0.29, 0.717) is 31.1 Å². The highest BCUT2D eigenvalue weighted by atomic mass is 16.5. The fraction of sp³-hybridized carbons (Fsp3) is 0.333. The third-order valence-electron chi connectivity index (χ3n) is 3.97. The van der Waals surface area contributed by atoms with Gasteiger partial charge in [0, 0.05) is 24.8 Å². The summed E-state index contributed by atoms with van der Waals surface area (Å²) in [5.74, 6) is 0.632. The summed E-state index contributed by atoms with van der Waals surface area (Å²) < 4.78 is 5.76. The van der Waals surface area contributed by atoms with Crippen molar-refractivity contribution in [1.29, 1.82) is 0 Å². The number of ether oxygens (including phenoxy) is 1. The Morgan fingerprint density at radius 2 is 1.70 bits per heavy atom. The van der Waals surface area contributed by atoms with Crippen molar-refractivity contribution in [3.8, 4) is 5.75 Å². The molecule has 0 unspecified atom stereocenters. The second-order valence-electron chi connectivity index (χ2n) is 6.34. The van der Waals surface area contributed by atoms with E-state index in [1.54, 1.807) is 24.3 Å². The van der Waals surface area contributed by atoms with E-state index in [1.807, 2.05) is 43.0 Å². The van der Waals surface area contributed by atoms with Crippen LogP contribution in [0.3, 0.4) is 0 Å². The van der Waals surface area contributed by atoms with Gasteiger partial charge in [-0.05, 0) is 55.4 Å². The van der Waals surface area contributed by atoms with Crippen LogP contribution in [0.4, 0.5) is 11.4 Å². The maximum Gasteiger partial charge on any atom is 0.238 e. The molecule has 0 saturated heterocycles. The van der Waals surface area contributed by atoms with Crippen molar-refractivity contribution < 1.29 is 14.3 Å². The molecule has 2 amide bonds. The first-order valence-corrected chi connectivity index (χ1v) is 9.05. The van der Waals surface area contributed by atoms with Gasteiger partial charge in [0.25, 0.3) is 0 Å². The lowest BCUT2D eigenvalue weighted by molar-refractivity contribution is -0.117. The molecule has 0 heterocycles. The third kappa shape index (κ3) is 7.50. The van der Waals surface area contributed by atoms with Gasteiger partial charge in [0.2, 0.25) is 11.8 Å². The molecule has 0 aliphatic rings. The molecule has 2 N–H and O–H groups in total. The number of likely N-dealkylation sites (N-methyl/N-ethyl adjacent to an activating group) is 1. The van der Waals surface area contributed by atoms with Crippen LogP contribution >= 0.6 is 0 Å². The molecule has 0 radical (unpaired) electrons. The lowest BCUT2D eigenvalue weighted by Gasteiger charge is -2.20. The average Bonchev–Trinajstić information content (AvgIpc) is 2.62. The number of nitrogens with zero attached hydrogens (tertiary/aromatic N) is 1. The van der Waals surface area contributed by atoms with Crippen LogP contribution in [0.2, 0.25) is 0 Å². The third-order valence-corrected chi connectivity index (χ3v) is 3.97. The summed E-state index contributed by atoms with van der Waals surface area (Å²) in [6.45, 7) is 7.74. The number of carbonyl (C=O) groups excluding carboxylic acids is 2. The Balaban J connectivity index is 1.77. The largest absolute Gasteiger partial charge is 0.492 e. The quantitative estimate of drug-likeness (QED) is 0.712. The normalized spacial score (nSPS) is 10.5. The lowest BCUT2D eigenvalue weighted by atomic mass is 10.2. The smallest absolute Gasteiger partial charge is 0.238 e. The number of anilines is 2. The maximum atomic E-state index is 12.3. The van der Waals surface area contributed by atoms with Crippen LogP contribution in [0.15, 0.2) is 48.5 Å². The molecule has 2 aromatic rings. The van der Waals surface area contributed by atoms with Gasteiger partial charge in [-0.3, -0.25) is 14.5 Å². The number of rotatable bonds is 9. The molecule has 2 rings (SSSR count). The van der Waals surface area contributed by atoms with Crippen LogP contribution < -0.4 is 15.4 Å². The van der Waals surface area contributed by atoms with Crippen molar-refractivity contribution in [2.75, 3.05) is 36.9 Å². The summed E-state index contributed by atoms with van der Waals surface area (Å²) in [7, 11) is 0. The Kier molecular flexibility index (Phi) is 7.82. The summed E-state index contributed by atoms with van der Waals surface area (Å²) >= 11 is 0. The van der Waals surface area contributed by atoms with E-state index < -0.39 is 0 Å². The standard InChI is InChI=1S/C21H27N3O3/c1-4-24(12-13-27-20-7-5-6-16(2)14-20)15-21(26)23-19-10-8-18(9-11-19)22-17(3)25/h5-11,14H,4,12-13,15H2,1-3H3,(H,22,25)(H,23,26). The van der Waals surface area contributed by atoms with Crippen LogP contribution in [-0.4, -0.2) is 43.0 Å². The van der Waals surface area contributed by atoms with Gasteiger partial charge in [0.05, 0.1) is 6.54 Å². The molecule has 144 valence electrons. The molecule has 0 aliphatic carbocycles. The van der Waals surface area contributed by atoms with Crippen molar-refractivity contribution in [3.05, 3.63) is 54.1 Å². The highest BCUT2D eigenvalue weighted by molar-refractivity contribution is 5.93. The molecular formula is C21H27N3O3. The molecule has 6 nitrogen and oxygen atoms in total. The van der Waals surface area contributed by atoms with Gasteiger partial charge in [-0.2, -0.15) is 0 Å². The predicted octanol–water partition coefficient (Wildman–Crippen LogP) is 3.29. The van der Waals surface area contributed by atoms with Crippen LogP contribution in [0.25, 0.3) is 0 Å². The van der Waals surface area contributed by atoms with Gasteiger partial charge >= 0.3 is 0 Å². The monoisotopic (exact) mass is 369 g/mol. The van der Waals surface area contributed by atoms with Crippen LogP contribution in [-0.2, 0) is 9.59 Å². The number of aryl methyl sites for hydroxylation is 1. The van der Waals surface area contributed by atoms with E-state index in [4.69, 9.17) is 4.74 Å². The Morgan fingerprint density at radius 1 is 1.04 bits per heavy atom. The maximum absolute atomic E-state index is 12.3. The molecule has 0 spiro atoms. The Hall–Kier alpha value is -2.86. The average molecular weight is 369 g/mol. The van der Waals surface area contributed by atoms with E-state index in [2.05, 4.69) is 10.6 Å². The van der Waals surface area contributed by atoms with Gasteiger partial charge in [-0.25, -0.2) is 0 Å². The number of amides is 2. The van der Waals surface area contributed by atoms with E-state index in [0.717, 1.165) is 17.9 Å². The van der Waals surface area contributed by atoms with Gasteiger partial charge in [0.1, 0.15) is 12.4 Å². The molecule has 0 atom stereocenters. The van der Waals surface area contributed by atoms with Crippen molar-refractivity contribution in [2.24, 2.45) is 0 Å². The molecule has 2 aromatic carbocycles. The summed E-state index contributed by atoms with van der Waals surface area (Å²) in [5.41, 5.74) is 2.55. The number of nitrogens with one attached hydrogen (secondary N) is 2. The zero-order valence-corrected chi connectivity index (χ0v) is 16.1. The van der Waals surface area contributed by atoms with Crippen molar-refractivity contribution >= 4 is 23.2 Å². The number of benzene rings is 2. The SMILES string of the molecule is CCN(CCOc1cccc(C)c1)CC(=O)Nc1ccc(NC(C)=O)cc1. The van der Waals surface area contributed by atoms with Crippen LogP contribution in [0.5, 0.6) is 5.75 Å². The minimum atomic E-state index is -0.127. The first-order chi connectivity index (χ1) is 13.0. The molecule has 0 bridgehead atoms. The zero-order valence-electron chi connectivity index (χ0n) is 16.1. The summed E-state index contributed by atoms with van der Waals surface area (Å²) in [5, 5.41) is 5.56. The minimum Gasteiger partial charge on any atom is -0.492 e. The van der Waals surface area contributed by atoms with Gasteiger partial charge in [-0.1, -0.05) is 19.1 Å². The highest BCUT2D eigenvalue weighted by Gasteiger charge is 2.10. The molecule has 27 heavy (non-hydrogen) atoms. The van der Waals surface area contributed by atoms with Gasteiger partial charge in [0.15, 0.2) is 0 Å². The first-order valence-electron chi connectivity index (χ1n) is 9.05. The molecule has 6 heteroatoms. The van der Waals surface area contributed by atoms with Crippen molar-refractivity contribution in [2.45, 2.75) is 20.8 Å². The second kappa shape index (κ2) is 10.3. The van der Waals surface area contributed by atoms with Crippen molar-refractivity contribution in [3.63, 3.8) is 0 Å². The van der Waals surface area contributed by atoms with Crippen molar-refractivity contribution in [1.82, 2.24) is 4.90 Å². The van der Waals surface area contributed by atoms with E-state index in [1.165, 1.54) is 6.92 Å². The van der Waals surface area contributed by atoms with E-state index in [-0.39, 0.29) is 11.8 Å². The Bertz CT molecular complexity index is 760. The first kappa shape index (κ1) is 20.5. The molecule has 0 aromatic heterocycles. The summed E-state index contributed by atoms with van der Waals surface area (Å²) in [6, 6.07) is 15.0. The summed E-state index contributed by atoms with van der Waals surface area (Å²) in [6.07, 6.45) is 0. The topological polar surface area (TPSA) is 70.7 Å².